The fourth-order valence-electron chi connectivity index (χ4n) is 2.31. The summed E-state index contributed by atoms with van der Waals surface area (Å²) in [6, 6.07) is 0.118. The Hall–Kier alpha value is -1.63. The molecule has 0 amide bonds. The van der Waals surface area contributed by atoms with Gasteiger partial charge in [-0.25, -0.2) is 0 Å². The first-order chi connectivity index (χ1) is 8.00. The number of imidazole rings is 1. The molecule has 1 aromatic heterocycles. The monoisotopic (exact) mass is 239 g/mol. The third-order valence-electron chi connectivity index (χ3n) is 3.33. The zero-order valence-electron chi connectivity index (χ0n) is 10.0. The van der Waals surface area contributed by atoms with E-state index in [0.29, 0.717) is 11.7 Å². The van der Waals surface area contributed by atoms with E-state index in [0.717, 1.165) is 19.5 Å². The minimum atomic E-state index is -0.436. The molecular formula is C10H17N5O2. The lowest BCUT2D eigenvalue weighted by Gasteiger charge is -2.19. The molecule has 17 heavy (non-hydrogen) atoms. The minimum absolute atomic E-state index is 0.0715. The predicted octanol–water partition coefficient (Wildman–Crippen LogP) is 0.502. The number of hydrogen-bond acceptors (Lipinski definition) is 5. The Kier molecular flexibility index (Phi) is 3.01. The number of hydrogen-bond donors (Lipinski definition) is 1. The molecule has 0 bridgehead atoms. The number of rotatable bonds is 3. The maximum Gasteiger partial charge on any atom is 0.406 e. The molecule has 2 heterocycles. The molecule has 0 radical (unpaired) electrons. The first-order valence-electron chi connectivity index (χ1n) is 5.67. The third-order valence-corrected chi connectivity index (χ3v) is 3.33. The maximum atomic E-state index is 10.9. The van der Waals surface area contributed by atoms with Crippen LogP contribution in [0.3, 0.4) is 0 Å². The molecule has 1 fully saturated rings. The van der Waals surface area contributed by atoms with Crippen LogP contribution in [0.5, 0.6) is 0 Å². The minimum Gasteiger partial charge on any atom is -0.358 e. The van der Waals surface area contributed by atoms with Gasteiger partial charge >= 0.3 is 5.82 Å². The molecule has 7 heteroatoms. The molecule has 1 saturated heterocycles. The largest absolute Gasteiger partial charge is 0.406 e. The highest BCUT2D eigenvalue weighted by atomic mass is 16.6. The molecule has 1 aromatic rings. The van der Waals surface area contributed by atoms with Crippen molar-refractivity contribution >= 4 is 11.6 Å². The molecule has 2 rings (SSSR count). The molecule has 94 valence electrons. The second kappa shape index (κ2) is 4.33. The van der Waals surface area contributed by atoms with Crippen LogP contribution in [-0.4, -0.2) is 33.6 Å². The summed E-state index contributed by atoms with van der Waals surface area (Å²) < 4.78 is 1.70. The average Bonchev–Trinajstić information content (AvgIpc) is 2.82. The Balaban J connectivity index is 2.24. The van der Waals surface area contributed by atoms with Crippen LogP contribution in [-0.2, 0) is 7.05 Å². The van der Waals surface area contributed by atoms with Crippen molar-refractivity contribution < 1.29 is 4.92 Å². The Morgan fingerprint density at radius 1 is 1.71 bits per heavy atom. The number of aromatic nitrogens is 2. The molecule has 2 unspecified atom stereocenters. The topological polar surface area (TPSA) is 90.2 Å². The Bertz CT molecular complexity index is 428. The summed E-state index contributed by atoms with van der Waals surface area (Å²) in [7, 11) is 1.77. The van der Waals surface area contributed by atoms with Gasteiger partial charge in [-0.3, -0.25) is 4.57 Å². The molecule has 1 aliphatic rings. The summed E-state index contributed by atoms with van der Waals surface area (Å²) in [6.07, 6.45) is 2.45. The number of nitro groups is 1. The molecule has 7 nitrogen and oxygen atoms in total. The van der Waals surface area contributed by atoms with Gasteiger partial charge in [0.2, 0.25) is 12.1 Å². The van der Waals surface area contributed by atoms with Gasteiger partial charge in [0, 0.05) is 26.2 Å². The van der Waals surface area contributed by atoms with E-state index in [1.54, 1.807) is 11.6 Å². The van der Waals surface area contributed by atoms with Gasteiger partial charge in [-0.2, -0.15) is 0 Å². The highest BCUT2D eigenvalue weighted by Gasteiger charge is 2.32. The van der Waals surface area contributed by atoms with Crippen LogP contribution < -0.4 is 10.6 Å². The molecule has 0 aromatic carbocycles. The summed E-state index contributed by atoms with van der Waals surface area (Å²) >= 11 is 0. The van der Waals surface area contributed by atoms with Crippen molar-refractivity contribution in [3.8, 4) is 0 Å². The van der Waals surface area contributed by atoms with Gasteiger partial charge in [-0.15, -0.1) is 0 Å². The van der Waals surface area contributed by atoms with Gasteiger partial charge < -0.3 is 20.7 Å². The van der Waals surface area contributed by atoms with E-state index in [2.05, 4.69) is 4.98 Å². The van der Waals surface area contributed by atoms with E-state index in [-0.39, 0.29) is 11.9 Å². The Labute approximate surface area is 99.4 Å². The predicted molar refractivity (Wildman–Crippen MR) is 63.8 cm³/mol. The van der Waals surface area contributed by atoms with Gasteiger partial charge in [0.1, 0.15) is 0 Å². The summed E-state index contributed by atoms with van der Waals surface area (Å²) in [6.45, 7) is 3.54. The molecule has 0 aliphatic carbocycles. The van der Waals surface area contributed by atoms with Crippen molar-refractivity contribution in [3.63, 3.8) is 0 Å². The fourth-order valence-corrected chi connectivity index (χ4v) is 2.31. The SMILES string of the molecule is CC(N)C1CCN(c2c([N+](=O)[O-])ncn2C)C1. The van der Waals surface area contributed by atoms with Crippen molar-refractivity contribution in [3.05, 3.63) is 16.4 Å². The van der Waals surface area contributed by atoms with Crippen LogP contribution in [0.2, 0.25) is 0 Å². The standard InChI is InChI=1S/C10H17N5O2/c1-7(11)8-3-4-14(5-8)10-9(15(16)17)12-6-13(10)2/h6-8H,3-5,11H2,1-2H3. The van der Waals surface area contributed by atoms with Crippen molar-refractivity contribution in [2.45, 2.75) is 19.4 Å². The first-order valence-corrected chi connectivity index (χ1v) is 5.67. The summed E-state index contributed by atoms with van der Waals surface area (Å²) in [5.41, 5.74) is 5.87. The smallest absolute Gasteiger partial charge is 0.358 e. The molecule has 2 atom stereocenters. The van der Waals surface area contributed by atoms with Gasteiger partial charge in [0.25, 0.3) is 0 Å². The number of nitrogens with zero attached hydrogens (tertiary/aromatic N) is 4. The van der Waals surface area contributed by atoms with E-state index in [1.165, 1.54) is 6.33 Å². The third kappa shape index (κ3) is 2.10. The lowest BCUT2D eigenvalue weighted by Crippen LogP contribution is -2.30. The van der Waals surface area contributed by atoms with E-state index < -0.39 is 4.92 Å². The second-order valence-electron chi connectivity index (χ2n) is 4.61. The molecule has 0 saturated carbocycles. The summed E-state index contributed by atoms with van der Waals surface area (Å²) in [4.78, 5) is 16.3. The van der Waals surface area contributed by atoms with Crippen LogP contribution in [0.15, 0.2) is 6.33 Å². The van der Waals surface area contributed by atoms with E-state index in [1.807, 2.05) is 11.8 Å². The van der Waals surface area contributed by atoms with Gasteiger partial charge in [0.15, 0.2) is 0 Å². The maximum absolute atomic E-state index is 10.9. The zero-order valence-corrected chi connectivity index (χ0v) is 10.0. The van der Waals surface area contributed by atoms with E-state index >= 15 is 0 Å². The second-order valence-corrected chi connectivity index (χ2v) is 4.61. The first kappa shape index (κ1) is 11.8. The normalized spacial score (nSPS) is 21.8. The number of anilines is 1. The average molecular weight is 239 g/mol. The highest BCUT2D eigenvalue weighted by Crippen LogP contribution is 2.31. The van der Waals surface area contributed by atoms with Crippen LogP contribution in [0.4, 0.5) is 11.6 Å². The molecular weight excluding hydrogens is 222 g/mol. The Morgan fingerprint density at radius 3 is 2.94 bits per heavy atom. The molecule has 2 N–H and O–H groups in total. The lowest BCUT2D eigenvalue weighted by molar-refractivity contribution is -0.388. The van der Waals surface area contributed by atoms with E-state index in [9.17, 15) is 10.1 Å². The van der Waals surface area contributed by atoms with Crippen molar-refractivity contribution in [2.24, 2.45) is 18.7 Å². The van der Waals surface area contributed by atoms with Gasteiger partial charge in [-0.1, -0.05) is 0 Å². The van der Waals surface area contributed by atoms with Crippen LogP contribution in [0.25, 0.3) is 0 Å². The van der Waals surface area contributed by atoms with Crippen molar-refractivity contribution in [1.82, 2.24) is 9.55 Å². The van der Waals surface area contributed by atoms with Crippen LogP contribution in [0.1, 0.15) is 13.3 Å². The Morgan fingerprint density at radius 2 is 2.41 bits per heavy atom. The lowest BCUT2D eigenvalue weighted by atomic mass is 10.0. The molecule has 0 spiro atoms. The van der Waals surface area contributed by atoms with Crippen molar-refractivity contribution in [2.75, 3.05) is 18.0 Å². The number of nitrogens with two attached hydrogens (primary N) is 1. The zero-order chi connectivity index (χ0) is 12.6. The molecule has 1 aliphatic heterocycles. The fraction of sp³-hybridized carbons (Fsp3) is 0.700. The number of aryl methyl sites for hydroxylation is 1. The van der Waals surface area contributed by atoms with E-state index in [4.69, 9.17) is 5.73 Å². The summed E-state index contributed by atoms with van der Waals surface area (Å²) in [5, 5.41) is 10.9. The quantitative estimate of drug-likeness (QED) is 0.612. The van der Waals surface area contributed by atoms with Gasteiger partial charge in [-0.05, 0) is 29.2 Å². The van der Waals surface area contributed by atoms with Crippen LogP contribution in [0, 0.1) is 16.0 Å². The van der Waals surface area contributed by atoms with Gasteiger partial charge in [0.05, 0.1) is 0 Å². The van der Waals surface area contributed by atoms with Crippen LogP contribution >= 0.6 is 0 Å². The van der Waals surface area contributed by atoms with Crippen molar-refractivity contribution in [1.29, 1.82) is 0 Å². The highest BCUT2D eigenvalue weighted by molar-refractivity contribution is 5.55. The summed E-state index contributed by atoms with van der Waals surface area (Å²) in [5.74, 6) is 0.903.